The van der Waals surface area contributed by atoms with E-state index in [9.17, 15) is 4.79 Å². The molecule has 0 saturated carbocycles. The van der Waals surface area contributed by atoms with Crippen LogP contribution >= 0.6 is 11.3 Å². The van der Waals surface area contributed by atoms with Gasteiger partial charge in [0.2, 0.25) is 0 Å². The summed E-state index contributed by atoms with van der Waals surface area (Å²) in [4.78, 5) is 15.9. The van der Waals surface area contributed by atoms with Crippen LogP contribution in [0.25, 0.3) is 10.1 Å². The summed E-state index contributed by atoms with van der Waals surface area (Å²) in [5.74, 6) is 1.92. The van der Waals surface area contributed by atoms with Crippen molar-refractivity contribution in [2.45, 2.75) is 38.8 Å². The highest BCUT2D eigenvalue weighted by Gasteiger charge is 2.30. The van der Waals surface area contributed by atoms with Crippen molar-refractivity contribution in [2.24, 2.45) is 0 Å². The highest BCUT2D eigenvalue weighted by molar-refractivity contribution is 7.21. The van der Waals surface area contributed by atoms with E-state index in [4.69, 9.17) is 9.47 Å². The zero-order valence-corrected chi connectivity index (χ0v) is 19.4. The molecule has 1 fully saturated rings. The Morgan fingerprint density at radius 1 is 1.23 bits per heavy atom. The first kappa shape index (κ1) is 21.7. The smallest absolute Gasteiger partial charge is 0.261 e. The van der Waals surface area contributed by atoms with Crippen LogP contribution in [0.3, 0.4) is 0 Å². The number of ether oxygens (including phenoxy) is 2. The van der Waals surface area contributed by atoms with E-state index in [1.807, 2.05) is 26.0 Å². The van der Waals surface area contributed by atoms with E-state index in [0.29, 0.717) is 5.92 Å². The molecule has 6 heteroatoms. The standard InChI is InChI=1S/C25H30N2O3S/c1-16(2)30-21-13-17(9-10-20(21)29-4)14-27-12-11-18(15-27)23-19-7-5-6-8-22(19)31-24(23)25(28)26-3/h5-10,13,16,18H,11-12,14-15H2,1-4H3,(H,26,28). The van der Waals surface area contributed by atoms with Crippen LogP contribution in [0.4, 0.5) is 0 Å². The van der Waals surface area contributed by atoms with Gasteiger partial charge in [-0.1, -0.05) is 24.3 Å². The first-order valence-corrected chi connectivity index (χ1v) is 11.6. The zero-order chi connectivity index (χ0) is 22.0. The fraction of sp³-hybridized carbons (Fsp3) is 0.400. The predicted molar refractivity (Wildman–Crippen MR) is 127 cm³/mol. The Hall–Kier alpha value is -2.57. The normalized spacial score (nSPS) is 16.7. The molecule has 5 nitrogen and oxygen atoms in total. The van der Waals surface area contributed by atoms with Crippen LogP contribution in [0.1, 0.15) is 47.0 Å². The second-order valence-electron chi connectivity index (χ2n) is 8.29. The van der Waals surface area contributed by atoms with Crippen molar-refractivity contribution in [3.8, 4) is 11.5 Å². The minimum atomic E-state index is 0.0141. The summed E-state index contributed by atoms with van der Waals surface area (Å²) in [6.45, 7) is 6.84. The average molecular weight is 439 g/mol. The van der Waals surface area contributed by atoms with Crippen molar-refractivity contribution in [1.29, 1.82) is 0 Å². The number of likely N-dealkylation sites (tertiary alicyclic amines) is 1. The second-order valence-corrected chi connectivity index (χ2v) is 9.34. The van der Waals surface area contributed by atoms with Gasteiger partial charge in [0, 0.05) is 30.8 Å². The minimum absolute atomic E-state index is 0.0141. The number of rotatable bonds is 7. The Bertz CT molecular complexity index is 1080. The van der Waals surface area contributed by atoms with Crippen molar-refractivity contribution in [1.82, 2.24) is 10.2 Å². The molecule has 2 aromatic carbocycles. The number of carbonyl (C=O) groups excluding carboxylic acids is 1. The fourth-order valence-corrected chi connectivity index (χ4v) is 5.62. The average Bonchev–Trinajstić information content (AvgIpc) is 3.37. The van der Waals surface area contributed by atoms with Gasteiger partial charge in [-0.15, -0.1) is 11.3 Å². The first-order chi connectivity index (χ1) is 15.0. The molecule has 164 valence electrons. The molecule has 1 N–H and O–H groups in total. The van der Waals surface area contributed by atoms with Crippen molar-refractivity contribution in [2.75, 3.05) is 27.2 Å². The molecule has 1 aliphatic rings. The van der Waals surface area contributed by atoms with Gasteiger partial charge in [-0.25, -0.2) is 0 Å². The van der Waals surface area contributed by atoms with Gasteiger partial charge < -0.3 is 14.8 Å². The molecule has 1 amide bonds. The number of thiophene rings is 1. The van der Waals surface area contributed by atoms with Crippen LogP contribution in [0, 0.1) is 0 Å². The number of methoxy groups -OCH3 is 1. The summed E-state index contributed by atoms with van der Waals surface area (Å²) in [5.41, 5.74) is 2.42. The molecular weight excluding hydrogens is 408 g/mol. The number of nitrogens with zero attached hydrogens (tertiary/aromatic N) is 1. The van der Waals surface area contributed by atoms with Gasteiger partial charge >= 0.3 is 0 Å². The molecule has 3 aromatic rings. The number of hydrogen-bond acceptors (Lipinski definition) is 5. The molecular formula is C25H30N2O3S. The second kappa shape index (κ2) is 9.28. The van der Waals surface area contributed by atoms with E-state index in [2.05, 4.69) is 40.5 Å². The molecule has 4 rings (SSSR count). The number of benzene rings is 2. The maximum Gasteiger partial charge on any atom is 0.261 e. The Morgan fingerprint density at radius 3 is 2.77 bits per heavy atom. The molecule has 2 heterocycles. The molecule has 1 unspecified atom stereocenters. The lowest BCUT2D eigenvalue weighted by Crippen LogP contribution is -2.21. The van der Waals surface area contributed by atoms with E-state index < -0.39 is 0 Å². The van der Waals surface area contributed by atoms with Crippen molar-refractivity contribution >= 4 is 27.3 Å². The van der Waals surface area contributed by atoms with Crippen LogP contribution in [-0.4, -0.2) is 44.2 Å². The van der Waals surface area contributed by atoms with Crippen LogP contribution in [0.15, 0.2) is 42.5 Å². The van der Waals surface area contributed by atoms with E-state index in [-0.39, 0.29) is 12.0 Å². The molecule has 1 saturated heterocycles. The number of nitrogens with one attached hydrogen (secondary N) is 1. The van der Waals surface area contributed by atoms with E-state index in [1.54, 1.807) is 25.5 Å². The van der Waals surface area contributed by atoms with E-state index in [0.717, 1.165) is 42.4 Å². The maximum atomic E-state index is 12.6. The van der Waals surface area contributed by atoms with Crippen LogP contribution in [-0.2, 0) is 6.54 Å². The Morgan fingerprint density at radius 2 is 2.03 bits per heavy atom. The Labute approximate surface area is 188 Å². The maximum absolute atomic E-state index is 12.6. The van der Waals surface area contributed by atoms with Crippen LogP contribution < -0.4 is 14.8 Å². The number of hydrogen-bond donors (Lipinski definition) is 1. The lowest BCUT2D eigenvalue weighted by atomic mass is 9.95. The molecule has 0 spiro atoms. The van der Waals surface area contributed by atoms with Gasteiger partial charge in [0.15, 0.2) is 11.5 Å². The monoisotopic (exact) mass is 438 g/mol. The minimum Gasteiger partial charge on any atom is -0.493 e. The largest absolute Gasteiger partial charge is 0.493 e. The molecule has 0 radical (unpaired) electrons. The lowest BCUT2D eigenvalue weighted by Gasteiger charge is -2.19. The van der Waals surface area contributed by atoms with E-state index in [1.165, 1.54) is 21.2 Å². The third-order valence-electron chi connectivity index (χ3n) is 5.74. The SMILES string of the molecule is CNC(=O)c1sc2ccccc2c1C1CCN(Cc2ccc(OC)c(OC(C)C)c2)C1. The number of fused-ring (bicyclic) bond motifs is 1. The lowest BCUT2D eigenvalue weighted by molar-refractivity contribution is 0.0966. The number of amides is 1. The topological polar surface area (TPSA) is 50.8 Å². The first-order valence-electron chi connectivity index (χ1n) is 10.8. The Kier molecular flexibility index (Phi) is 6.49. The quantitative estimate of drug-likeness (QED) is 0.561. The molecule has 1 atom stereocenters. The van der Waals surface area contributed by atoms with Gasteiger partial charge in [-0.3, -0.25) is 9.69 Å². The summed E-state index contributed by atoms with van der Waals surface area (Å²) in [5, 5.41) is 4.04. The molecule has 1 aliphatic heterocycles. The summed E-state index contributed by atoms with van der Waals surface area (Å²) >= 11 is 1.60. The third kappa shape index (κ3) is 4.55. The van der Waals surface area contributed by atoms with E-state index >= 15 is 0 Å². The van der Waals surface area contributed by atoms with Gasteiger partial charge in [0.05, 0.1) is 18.1 Å². The highest BCUT2D eigenvalue weighted by atomic mass is 32.1. The van der Waals surface area contributed by atoms with Crippen LogP contribution in [0.5, 0.6) is 11.5 Å². The van der Waals surface area contributed by atoms with Gasteiger partial charge in [-0.05, 0) is 61.5 Å². The summed E-state index contributed by atoms with van der Waals surface area (Å²) in [6, 6.07) is 14.5. The molecule has 0 aliphatic carbocycles. The predicted octanol–water partition coefficient (Wildman–Crippen LogP) is 5.05. The fourth-order valence-electron chi connectivity index (χ4n) is 4.39. The van der Waals surface area contributed by atoms with Gasteiger partial charge in [-0.2, -0.15) is 0 Å². The molecule has 0 bridgehead atoms. The molecule has 31 heavy (non-hydrogen) atoms. The zero-order valence-electron chi connectivity index (χ0n) is 18.6. The van der Waals surface area contributed by atoms with Gasteiger partial charge in [0.25, 0.3) is 5.91 Å². The Balaban J connectivity index is 1.55. The summed E-state index contributed by atoms with van der Waals surface area (Å²) in [7, 11) is 3.38. The van der Waals surface area contributed by atoms with Crippen molar-refractivity contribution in [3.05, 3.63) is 58.5 Å². The van der Waals surface area contributed by atoms with Crippen molar-refractivity contribution in [3.63, 3.8) is 0 Å². The molecule has 1 aromatic heterocycles. The van der Waals surface area contributed by atoms with Crippen LogP contribution in [0.2, 0.25) is 0 Å². The van der Waals surface area contributed by atoms with Crippen molar-refractivity contribution < 1.29 is 14.3 Å². The highest BCUT2D eigenvalue weighted by Crippen LogP contribution is 2.40. The third-order valence-corrected chi connectivity index (χ3v) is 6.93. The summed E-state index contributed by atoms with van der Waals surface area (Å²) < 4.78 is 12.6. The summed E-state index contributed by atoms with van der Waals surface area (Å²) in [6.07, 6.45) is 1.14. The number of carbonyl (C=O) groups is 1. The van der Waals surface area contributed by atoms with Gasteiger partial charge in [0.1, 0.15) is 0 Å².